The molecular formula is C22H29N7. The van der Waals surface area contributed by atoms with Gasteiger partial charge < -0.3 is 4.90 Å². The summed E-state index contributed by atoms with van der Waals surface area (Å²) in [5, 5.41) is 13.7. The van der Waals surface area contributed by atoms with Crippen LogP contribution < -0.4 is 4.90 Å². The minimum Gasteiger partial charge on any atom is -0.356 e. The highest BCUT2D eigenvalue weighted by atomic mass is 15.4. The summed E-state index contributed by atoms with van der Waals surface area (Å²) >= 11 is 0. The average molecular weight is 392 g/mol. The highest BCUT2D eigenvalue weighted by Gasteiger charge is 2.28. The third-order valence-corrected chi connectivity index (χ3v) is 6.44. The number of piperidine rings is 1. The van der Waals surface area contributed by atoms with Crippen molar-refractivity contribution in [3.63, 3.8) is 0 Å². The zero-order chi connectivity index (χ0) is 20.0. The molecule has 1 aliphatic carbocycles. The second kappa shape index (κ2) is 7.04. The van der Waals surface area contributed by atoms with Gasteiger partial charge in [-0.3, -0.25) is 0 Å². The molecule has 0 atom stereocenters. The molecule has 2 aliphatic rings. The molecule has 3 aromatic rings. The molecular weight excluding hydrogens is 362 g/mol. The molecule has 1 saturated heterocycles. The zero-order valence-electron chi connectivity index (χ0n) is 17.5. The van der Waals surface area contributed by atoms with E-state index >= 15 is 0 Å². The van der Waals surface area contributed by atoms with Crippen LogP contribution >= 0.6 is 0 Å². The number of aromatic nitrogens is 6. The average Bonchev–Trinajstić information content (AvgIpc) is 3.10. The topological polar surface area (TPSA) is 72.1 Å². The monoisotopic (exact) mass is 391 g/mol. The first-order chi connectivity index (χ1) is 14.0. The van der Waals surface area contributed by atoms with Crippen molar-refractivity contribution in [2.75, 3.05) is 18.0 Å². The molecule has 0 amide bonds. The van der Waals surface area contributed by atoms with E-state index in [1.807, 2.05) is 10.6 Å². The number of anilines is 1. The van der Waals surface area contributed by atoms with E-state index in [0.717, 1.165) is 48.9 Å². The van der Waals surface area contributed by atoms with Gasteiger partial charge >= 0.3 is 0 Å². The third kappa shape index (κ3) is 3.47. The summed E-state index contributed by atoms with van der Waals surface area (Å²) in [5.74, 6) is 3.07. The Morgan fingerprint density at radius 1 is 0.931 bits per heavy atom. The van der Waals surface area contributed by atoms with Gasteiger partial charge in [0.05, 0.1) is 5.69 Å². The van der Waals surface area contributed by atoms with Crippen LogP contribution in [0.4, 0.5) is 5.82 Å². The maximum absolute atomic E-state index is 4.86. The Hall–Kier alpha value is -2.57. The summed E-state index contributed by atoms with van der Waals surface area (Å²) < 4.78 is 1.96. The molecule has 152 valence electrons. The lowest BCUT2D eigenvalue weighted by Gasteiger charge is -2.32. The lowest BCUT2D eigenvalue weighted by atomic mass is 9.83. The van der Waals surface area contributed by atoms with Crippen LogP contribution in [0.3, 0.4) is 0 Å². The highest BCUT2D eigenvalue weighted by molar-refractivity contribution is 5.41. The molecule has 5 rings (SSSR count). The molecule has 1 aliphatic heterocycles. The lowest BCUT2D eigenvalue weighted by molar-refractivity contribution is 0.410. The van der Waals surface area contributed by atoms with Gasteiger partial charge in [0.15, 0.2) is 11.5 Å². The third-order valence-electron chi connectivity index (χ3n) is 6.44. The van der Waals surface area contributed by atoms with E-state index in [0.29, 0.717) is 11.8 Å². The van der Waals surface area contributed by atoms with Crippen molar-refractivity contribution in [3.05, 3.63) is 41.7 Å². The van der Waals surface area contributed by atoms with Gasteiger partial charge in [-0.05, 0) is 37.8 Å². The van der Waals surface area contributed by atoms with Crippen molar-refractivity contribution in [1.29, 1.82) is 0 Å². The largest absolute Gasteiger partial charge is 0.356 e. The summed E-state index contributed by atoms with van der Waals surface area (Å²) in [6.45, 7) is 8.50. The number of fused-ring (bicyclic) bond motifs is 1. The first-order valence-corrected chi connectivity index (χ1v) is 10.8. The molecule has 4 heterocycles. The summed E-state index contributed by atoms with van der Waals surface area (Å²) in [4.78, 5) is 11.4. The highest BCUT2D eigenvalue weighted by Crippen LogP contribution is 2.36. The minimum absolute atomic E-state index is 0.00422. The first kappa shape index (κ1) is 18.5. The minimum atomic E-state index is 0.00422. The predicted molar refractivity (Wildman–Crippen MR) is 112 cm³/mol. The van der Waals surface area contributed by atoms with E-state index in [4.69, 9.17) is 5.10 Å². The second-order valence-corrected chi connectivity index (χ2v) is 9.49. The Bertz CT molecular complexity index is 1010. The molecule has 7 nitrogen and oxygen atoms in total. The Balaban J connectivity index is 1.33. The molecule has 3 aromatic heterocycles. The molecule has 29 heavy (non-hydrogen) atoms. The number of hydrogen-bond acceptors (Lipinski definition) is 6. The van der Waals surface area contributed by atoms with Gasteiger partial charge in [-0.25, -0.2) is 9.97 Å². The zero-order valence-corrected chi connectivity index (χ0v) is 17.5. The number of hydrogen-bond donors (Lipinski definition) is 0. The quantitative estimate of drug-likeness (QED) is 0.675. The molecule has 0 aromatic carbocycles. The van der Waals surface area contributed by atoms with Gasteiger partial charge in [0.1, 0.15) is 12.1 Å². The fourth-order valence-electron chi connectivity index (χ4n) is 4.29. The second-order valence-electron chi connectivity index (χ2n) is 9.49. The van der Waals surface area contributed by atoms with E-state index in [1.54, 1.807) is 6.33 Å². The summed E-state index contributed by atoms with van der Waals surface area (Å²) in [7, 11) is 0. The Morgan fingerprint density at radius 3 is 2.41 bits per heavy atom. The van der Waals surface area contributed by atoms with Crippen LogP contribution in [0.5, 0.6) is 0 Å². The van der Waals surface area contributed by atoms with Crippen molar-refractivity contribution < 1.29 is 0 Å². The summed E-state index contributed by atoms with van der Waals surface area (Å²) in [5.41, 5.74) is 3.11. The predicted octanol–water partition coefficient (Wildman–Crippen LogP) is 3.86. The molecule has 1 saturated carbocycles. The molecule has 0 N–H and O–H groups in total. The van der Waals surface area contributed by atoms with Gasteiger partial charge in [-0.15, -0.1) is 10.2 Å². The van der Waals surface area contributed by atoms with E-state index in [-0.39, 0.29) is 5.41 Å². The SMILES string of the molecule is CC(C)(C)c1ccc2nnc(C3CCN(c4cc(C5CCC5)ncn4)CC3)n2n1. The van der Waals surface area contributed by atoms with Crippen LogP contribution in [0, 0.1) is 0 Å². The van der Waals surface area contributed by atoms with Gasteiger partial charge in [0.2, 0.25) is 0 Å². The Morgan fingerprint density at radius 2 is 1.72 bits per heavy atom. The van der Waals surface area contributed by atoms with Crippen molar-refractivity contribution in [1.82, 2.24) is 29.8 Å². The van der Waals surface area contributed by atoms with Crippen LogP contribution in [-0.4, -0.2) is 42.9 Å². The van der Waals surface area contributed by atoms with Gasteiger partial charge in [0, 0.05) is 42.1 Å². The smallest absolute Gasteiger partial charge is 0.177 e. The molecule has 2 fully saturated rings. The van der Waals surface area contributed by atoms with Crippen LogP contribution in [-0.2, 0) is 5.41 Å². The van der Waals surface area contributed by atoms with Crippen molar-refractivity contribution in [2.24, 2.45) is 0 Å². The summed E-state index contributed by atoms with van der Waals surface area (Å²) in [6, 6.07) is 6.29. The van der Waals surface area contributed by atoms with Crippen LogP contribution in [0.2, 0.25) is 0 Å². The fourth-order valence-corrected chi connectivity index (χ4v) is 4.29. The Kier molecular flexibility index (Phi) is 4.48. The maximum atomic E-state index is 4.86. The van der Waals surface area contributed by atoms with Crippen LogP contribution in [0.1, 0.15) is 81.9 Å². The molecule has 0 unspecified atom stereocenters. The van der Waals surface area contributed by atoms with E-state index in [9.17, 15) is 0 Å². The van der Waals surface area contributed by atoms with Crippen LogP contribution in [0.25, 0.3) is 5.65 Å². The molecule has 0 radical (unpaired) electrons. The van der Waals surface area contributed by atoms with E-state index in [1.165, 1.54) is 25.0 Å². The molecule has 7 heteroatoms. The van der Waals surface area contributed by atoms with Crippen molar-refractivity contribution in [3.8, 4) is 0 Å². The van der Waals surface area contributed by atoms with Gasteiger partial charge in [-0.2, -0.15) is 9.61 Å². The lowest BCUT2D eigenvalue weighted by Crippen LogP contribution is -2.34. The fraction of sp³-hybridized carbons (Fsp3) is 0.591. The van der Waals surface area contributed by atoms with Gasteiger partial charge in [0.25, 0.3) is 0 Å². The standard InChI is InChI=1S/C22H29N7/c1-22(2,3)18-7-8-19-25-26-21(29(19)27-18)16-9-11-28(12-10-16)20-13-17(23-14-24-20)15-5-4-6-15/h7-8,13-16H,4-6,9-12H2,1-3H3. The van der Waals surface area contributed by atoms with E-state index < -0.39 is 0 Å². The number of rotatable bonds is 3. The normalized spacial score (nSPS) is 18.9. The number of nitrogens with zero attached hydrogens (tertiary/aromatic N) is 7. The molecule has 0 spiro atoms. The van der Waals surface area contributed by atoms with E-state index in [2.05, 4.69) is 58.0 Å². The Labute approximate surface area is 171 Å². The van der Waals surface area contributed by atoms with Crippen LogP contribution in [0.15, 0.2) is 24.5 Å². The molecule has 0 bridgehead atoms. The van der Waals surface area contributed by atoms with Crippen molar-refractivity contribution in [2.45, 2.75) is 70.1 Å². The van der Waals surface area contributed by atoms with Crippen molar-refractivity contribution >= 4 is 11.5 Å². The van der Waals surface area contributed by atoms with Gasteiger partial charge in [-0.1, -0.05) is 27.2 Å². The first-order valence-electron chi connectivity index (χ1n) is 10.8. The maximum Gasteiger partial charge on any atom is 0.177 e. The summed E-state index contributed by atoms with van der Waals surface area (Å²) in [6.07, 6.45) is 7.66.